The lowest BCUT2D eigenvalue weighted by Crippen LogP contribution is -2.27. The van der Waals surface area contributed by atoms with Crippen molar-refractivity contribution in [3.05, 3.63) is 0 Å². The first-order chi connectivity index (χ1) is 7.40. The number of nitrogens with zero attached hydrogens (tertiary/aromatic N) is 1. The van der Waals surface area contributed by atoms with Gasteiger partial charge in [-0.15, -0.1) is 0 Å². The summed E-state index contributed by atoms with van der Waals surface area (Å²) in [6.07, 6.45) is 1.03. The van der Waals surface area contributed by atoms with E-state index in [4.69, 9.17) is 5.11 Å². The summed E-state index contributed by atoms with van der Waals surface area (Å²) < 4.78 is 4.66. The van der Waals surface area contributed by atoms with Gasteiger partial charge in [-0.3, -0.25) is 14.6 Å². The average Bonchev–Trinajstić information content (AvgIpc) is 2.17. The molecule has 0 aromatic rings. The van der Waals surface area contributed by atoms with Crippen LogP contribution in [0.3, 0.4) is 0 Å². The third-order valence-corrected chi connectivity index (χ3v) is 1.79. The molecule has 2 atom stereocenters. The summed E-state index contributed by atoms with van der Waals surface area (Å²) in [5.41, 5.74) is 0. The Morgan fingerprint density at radius 2 is 2.00 bits per heavy atom. The van der Waals surface area contributed by atoms with Gasteiger partial charge in [0.15, 0.2) is 0 Å². The van der Waals surface area contributed by atoms with Gasteiger partial charge in [-0.1, -0.05) is 0 Å². The number of hydrogen-bond acceptors (Lipinski definition) is 5. The number of Topliss-reactive ketones (excluding diaryl/α,β-unsaturated/α-hetero) is 1. The first kappa shape index (κ1) is 14.3. The summed E-state index contributed by atoms with van der Waals surface area (Å²) in [5.74, 6) is -3.39. The lowest BCUT2D eigenvalue weighted by molar-refractivity contribution is -0.148. The first-order valence-electron chi connectivity index (χ1n) is 4.83. The lowest BCUT2D eigenvalue weighted by atomic mass is 10.1. The molecule has 0 aliphatic carbocycles. The molecule has 0 heterocycles. The maximum Gasteiger partial charge on any atom is 0.328 e. The van der Waals surface area contributed by atoms with Crippen LogP contribution in [-0.2, 0) is 19.1 Å². The van der Waals surface area contributed by atoms with E-state index in [0.29, 0.717) is 0 Å². The van der Waals surface area contributed by atoms with Crippen molar-refractivity contribution in [2.24, 2.45) is 10.9 Å². The SMILES string of the molecule is CCOC(=O)[C@@H](C=N[C@@H](C)C(=O)O)C(C)=O. The van der Waals surface area contributed by atoms with Crippen LogP contribution in [0.1, 0.15) is 20.8 Å². The number of carboxylic acid groups (broad SMARTS) is 1. The highest BCUT2D eigenvalue weighted by molar-refractivity contribution is 6.11. The Morgan fingerprint density at radius 1 is 1.44 bits per heavy atom. The molecular weight excluding hydrogens is 214 g/mol. The van der Waals surface area contributed by atoms with Crippen molar-refractivity contribution in [3.63, 3.8) is 0 Å². The van der Waals surface area contributed by atoms with E-state index in [1.165, 1.54) is 13.8 Å². The molecular formula is C10H15NO5. The van der Waals surface area contributed by atoms with Crippen LogP contribution in [0.5, 0.6) is 0 Å². The van der Waals surface area contributed by atoms with Crippen LogP contribution in [0.15, 0.2) is 4.99 Å². The van der Waals surface area contributed by atoms with Gasteiger partial charge in [0.25, 0.3) is 0 Å². The summed E-state index contributed by atoms with van der Waals surface area (Å²) in [6.45, 7) is 4.34. The van der Waals surface area contributed by atoms with E-state index in [0.717, 1.165) is 6.21 Å². The maximum absolute atomic E-state index is 11.3. The van der Waals surface area contributed by atoms with Crippen molar-refractivity contribution in [1.29, 1.82) is 0 Å². The quantitative estimate of drug-likeness (QED) is 0.401. The third-order valence-electron chi connectivity index (χ3n) is 1.79. The zero-order chi connectivity index (χ0) is 12.7. The normalized spacial score (nSPS) is 14.4. The van der Waals surface area contributed by atoms with Crippen LogP contribution < -0.4 is 0 Å². The Labute approximate surface area is 93.3 Å². The number of hydrogen-bond donors (Lipinski definition) is 1. The van der Waals surface area contributed by atoms with Gasteiger partial charge in [0.05, 0.1) is 6.61 Å². The van der Waals surface area contributed by atoms with Gasteiger partial charge < -0.3 is 9.84 Å². The summed E-state index contributed by atoms with van der Waals surface area (Å²) in [6, 6.07) is -0.990. The van der Waals surface area contributed by atoms with Crippen molar-refractivity contribution in [2.45, 2.75) is 26.8 Å². The number of carboxylic acids is 1. The Kier molecular flexibility index (Phi) is 5.99. The smallest absolute Gasteiger partial charge is 0.328 e. The minimum absolute atomic E-state index is 0.158. The van der Waals surface area contributed by atoms with E-state index >= 15 is 0 Å². The van der Waals surface area contributed by atoms with Crippen molar-refractivity contribution in [2.75, 3.05) is 6.61 Å². The van der Waals surface area contributed by atoms with Gasteiger partial charge in [0.1, 0.15) is 17.7 Å². The standard InChI is InChI=1S/C10H15NO5/c1-4-16-10(15)8(7(3)12)5-11-6(2)9(13)14/h5-6,8H,4H2,1-3H3,(H,13,14)/t6-,8-/m0/s1. The Balaban J connectivity index is 4.63. The number of carbonyl (C=O) groups excluding carboxylic acids is 2. The molecule has 0 aromatic heterocycles. The molecule has 0 saturated carbocycles. The Hall–Kier alpha value is -1.72. The molecule has 0 rings (SSSR count). The van der Waals surface area contributed by atoms with E-state index in [1.54, 1.807) is 6.92 Å². The van der Waals surface area contributed by atoms with E-state index in [1.807, 2.05) is 0 Å². The largest absolute Gasteiger partial charge is 0.480 e. The fourth-order valence-corrected chi connectivity index (χ4v) is 0.843. The number of ketones is 1. The molecule has 0 saturated heterocycles. The monoisotopic (exact) mass is 229 g/mol. The van der Waals surface area contributed by atoms with E-state index < -0.39 is 29.7 Å². The summed E-state index contributed by atoms with van der Waals surface area (Å²) in [5, 5.41) is 8.56. The van der Waals surface area contributed by atoms with Gasteiger partial charge in [-0.05, 0) is 20.8 Å². The molecule has 0 aromatic carbocycles. The van der Waals surface area contributed by atoms with Crippen molar-refractivity contribution in [1.82, 2.24) is 0 Å². The van der Waals surface area contributed by atoms with E-state index in [2.05, 4.69) is 9.73 Å². The fraction of sp³-hybridized carbons (Fsp3) is 0.600. The number of aliphatic carboxylic acids is 1. The summed E-state index contributed by atoms with van der Waals surface area (Å²) >= 11 is 0. The van der Waals surface area contributed by atoms with Crippen LogP contribution in [-0.4, -0.2) is 41.7 Å². The molecule has 0 aliphatic heterocycles. The highest BCUT2D eigenvalue weighted by atomic mass is 16.5. The minimum Gasteiger partial charge on any atom is -0.480 e. The average molecular weight is 229 g/mol. The van der Waals surface area contributed by atoms with Crippen molar-refractivity contribution < 1.29 is 24.2 Å². The second-order valence-corrected chi connectivity index (χ2v) is 3.15. The fourth-order valence-electron chi connectivity index (χ4n) is 0.843. The predicted molar refractivity (Wildman–Crippen MR) is 56.4 cm³/mol. The number of ether oxygens (including phenoxy) is 1. The highest BCUT2D eigenvalue weighted by Gasteiger charge is 2.23. The molecule has 0 aliphatic rings. The van der Waals surface area contributed by atoms with Gasteiger partial charge >= 0.3 is 11.9 Å². The molecule has 1 N–H and O–H groups in total. The highest BCUT2D eigenvalue weighted by Crippen LogP contribution is 2.00. The molecule has 0 bridgehead atoms. The van der Waals surface area contributed by atoms with Crippen molar-refractivity contribution in [3.8, 4) is 0 Å². The second-order valence-electron chi connectivity index (χ2n) is 3.15. The molecule has 0 radical (unpaired) electrons. The molecule has 0 unspecified atom stereocenters. The topological polar surface area (TPSA) is 93.0 Å². The van der Waals surface area contributed by atoms with E-state index in [-0.39, 0.29) is 6.61 Å². The number of carbonyl (C=O) groups is 3. The number of aliphatic imine (C=N–C) groups is 1. The molecule has 90 valence electrons. The van der Waals surface area contributed by atoms with Crippen LogP contribution in [0.4, 0.5) is 0 Å². The van der Waals surface area contributed by atoms with Gasteiger partial charge in [0, 0.05) is 6.21 Å². The van der Waals surface area contributed by atoms with Crippen molar-refractivity contribution >= 4 is 23.9 Å². The van der Waals surface area contributed by atoms with Crippen LogP contribution in [0.25, 0.3) is 0 Å². The second kappa shape index (κ2) is 6.71. The maximum atomic E-state index is 11.3. The summed E-state index contributed by atoms with van der Waals surface area (Å²) in [4.78, 5) is 36.5. The Morgan fingerprint density at radius 3 is 2.38 bits per heavy atom. The first-order valence-corrected chi connectivity index (χ1v) is 4.83. The number of rotatable bonds is 6. The van der Waals surface area contributed by atoms with E-state index in [9.17, 15) is 14.4 Å². The molecule has 16 heavy (non-hydrogen) atoms. The van der Waals surface area contributed by atoms with Crippen LogP contribution >= 0.6 is 0 Å². The van der Waals surface area contributed by atoms with Crippen LogP contribution in [0.2, 0.25) is 0 Å². The predicted octanol–water partition coefficient (Wildman–Crippen LogP) is 0.299. The zero-order valence-corrected chi connectivity index (χ0v) is 9.47. The summed E-state index contributed by atoms with van der Waals surface area (Å²) in [7, 11) is 0. The van der Waals surface area contributed by atoms with Gasteiger partial charge in [-0.2, -0.15) is 0 Å². The molecule has 6 nitrogen and oxygen atoms in total. The van der Waals surface area contributed by atoms with Gasteiger partial charge in [-0.25, -0.2) is 4.79 Å². The van der Waals surface area contributed by atoms with Gasteiger partial charge in [0.2, 0.25) is 0 Å². The minimum atomic E-state index is -1.12. The number of esters is 1. The molecule has 0 fully saturated rings. The Bertz CT molecular complexity index is 310. The molecule has 0 spiro atoms. The third kappa shape index (κ3) is 4.68. The zero-order valence-electron chi connectivity index (χ0n) is 9.47. The van der Waals surface area contributed by atoms with Crippen LogP contribution in [0, 0.1) is 5.92 Å². The lowest BCUT2D eigenvalue weighted by Gasteiger charge is -2.07. The molecule has 6 heteroatoms. The molecule has 0 amide bonds.